The number of benzene rings is 2. The summed E-state index contributed by atoms with van der Waals surface area (Å²) in [5, 5.41) is 4.18. The van der Waals surface area contributed by atoms with Crippen LogP contribution < -0.4 is 10.1 Å². The van der Waals surface area contributed by atoms with E-state index < -0.39 is 0 Å². The molecule has 1 N–H and O–H groups in total. The summed E-state index contributed by atoms with van der Waals surface area (Å²) in [7, 11) is 0. The Hall–Kier alpha value is -3.60. The lowest BCUT2D eigenvalue weighted by molar-refractivity contribution is -0.121. The summed E-state index contributed by atoms with van der Waals surface area (Å²) in [6.45, 7) is 1.56. The van der Waals surface area contributed by atoms with Crippen molar-refractivity contribution in [2.24, 2.45) is 0 Å². The molecule has 0 saturated carbocycles. The van der Waals surface area contributed by atoms with Crippen LogP contribution in [0.3, 0.4) is 0 Å². The highest BCUT2D eigenvalue weighted by Crippen LogP contribution is 2.16. The minimum atomic E-state index is 0.0302. The van der Waals surface area contributed by atoms with Gasteiger partial charge in [-0.2, -0.15) is 0 Å². The lowest BCUT2D eigenvalue weighted by atomic mass is 10.2. The van der Waals surface area contributed by atoms with Crippen LogP contribution in [0.2, 0.25) is 0 Å². The third-order valence-corrected chi connectivity index (χ3v) is 4.76. The minimum absolute atomic E-state index is 0.0302. The predicted molar refractivity (Wildman–Crippen MR) is 113 cm³/mol. The molecule has 4 rings (SSSR count). The van der Waals surface area contributed by atoms with Crippen molar-refractivity contribution in [1.29, 1.82) is 0 Å². The lowest BCUT2D eigenvalue weighted by Gasteiger charge is -2.10. The molecular formula is C24H23N3O2. The molecule has 29 heavy (non-hydrogen) atoms. The van der Waals surface area contributed by atoms with E-state index >= 15 is 0 Å². The number of carbonyl (C=O) groups excluding carboxylic acids is 1. The smallest absolute Gasteiger partial charge is 0.222 e. The number of aromatic nitrogens is 2. The molecule has 0 fully saturated rings. The number of nitrogens with zero attached hydrogens (tertiary/aromatic N) is 2. The Labute approximate surface area is 170 Å². The fraction of sp³-hybridized carbons (Fsp3) is 0.167. The molecule has 146 valence electrons. The van der Waals surface area contributed by atoms with Crippen LogP contribution >= 0.6 is 0 Å². The van der Waals surface area contributed by atoms with Gasteiger partial charge in [0, 0.05) is 37.4 Å². The molecule has 0 spiro atoms. The summed E-state index contributed by atoms with van der Waals surface area (Å²) in [5.41, 5.74) is 3.03. The number of rotatable bonds is 8. The summed E-state index contributed by atoms with van der Waals surface area (Å²) in [4.78, 5) is 16.5. The molecule has 5 heteroatoms. The van der Waals surface area contributed by atoms with Crippen molar-refractivity contribution in [2.45, 2.75) is 26.1 Å². The molecule has 1 amide bonds. The van der Waals surface area contributed by atoms with E-state index in [1.165, 1.54) is 5.39 Å². The SMILES string of the molecule is O=C(CCn1ccc2ccccc21)NCc1cccc(OCc2ccccn2)c1. The summed E-state index contributed by atoms with van der Waals surface area (Å²) >= 11 is 0. The average molecular weight is 385 g/mol. The molecule has 2 heterocycles. The Morgan fingerprint density at radius 2 is 1.90 bits per heavy atom. The van der Waals surface area contributed by atoms with Gasteiger partial charge in [0.25, 0.3) is 0 Å². The molecule has 0 bridgehead atoms. The van der Waals surface area contributed by atoms with E-state index in [-0.39, 0.29) is 5.91 Å². The largest absolute Gasteiger partial charge is 0.487 e. The summed E-state index contributed by atoms with van der Waals surface area (Å²) < 4.78 is 7.91. The Morgan fingerprint density at radius 3 is 2.79 bits per heavy atom. The van der Waals surface area contributed by atoms with Crippen molar-refractivity contribution in [3.05, 3.63) is 96.4 Å². The first-order valence-electron chi connectivity index (χ1n) is 9.70. The standard InChI is InChI=1S/C24H23N3O2/c28-24(12-15-27-14-11-20-7-1-2-10-23(20)27)26-17-19-6-5-9-22(16-19)29-18-21-8-3-4-13-25-21/h1-11,13-14,16H,12,15,17-18H2,(H,26,28). The van der Waals surface area contributed by atoms with Crippen molar-refractivity contribution < 1.29 is 9.53 Å². The fourth-order valence-corrected chi connectivity index (χ4v) is 3.23. The molecule has 5 nitrogen and oxygen atoms in total. The number of aryl methyl sites for hydroxylation is 1. The van der Waals surface area contributed by atoms with Gasteiger partial charge in [0.05, 0.1) is 5.69 Å². The minimum Gasteiger partial charge on any atom is -0.487 e. The number of carbonyl (C=O) groups is 1. The number of pyridine rings is 1. The first kappa shape index (κ1) is 18.7. The number of para-hydroxylation sites is 1. The van der Waals surface area contributed by atoms with E-state index in [0.717, 1.165) is 22.5 Å². The number of hydrogen-bond acceptors (Lipinski definition) is 3. The highest BCUT2D eigenvalue weighted by Gasteiger charge is 2.05. The van der Waals surface area contributed by atoms with E-state index in [9.17, 15) is 4.79 Å². The number of hydrogen-bond donors (Lipinski definition) is 1. The number of ether oxygens (including phenoxy) is 1. The van der Waals surface area contributed by atoms with E-state index in [1.54, 1.807) is 6.20 Å². The van der Waals surface area contributed by atoms with Crippen molar-refractivity contribution in [1.82, 2.24) is 14.9 Å². The van der Waals surface area contributed by atoms with Gasteiger partial charge in [-0.15, -0.1) is 0 Å². The van der Waals surface area contributed by atoms with Gasteiger partial charge in [-0.1, -0.05) is 36.4 Å². The van der Waals surface area contributed by atoms with Crippen LogP contribution in [-0.4, -0.2) is 15.5 Å². The fourth-order valence-electron chi connectivity index (χ4n) is 3.23. The van der Waals surface area contributed by atoms with Gasteiger partial charge in [0.1, 0.15) is 12.4 Å². The Kier molecular flexibility index (Phi) is 5.86. The molecular weight excluding hydrogens is 362 g/mol. The van der Waals surface area contributed by atoms with E-state index in [2.05, 4.69) is 33.1 Å². The second-order valence-electron chi connectivity index (χ2n) is 6.85. The van der Waals surface area contributed by atoms with Gasteiger partial charge < -0.3 is 14.6 Å². The molecule has 0 saturated heterocycles. The average Bonchev–Trinajstić information content (AvgIpc) is 3.19. The molecule has 0 aliphatic rings. The van der Waals surface area contributed by atoms with Gasteiger partial charge in [-0.3, -0.25) is 9.78 Å². The molecule has 2 aromatic heterocycles. The molecule has 4 aromatic rings. The second-order valence-corrected chi connectivity index (χ2v) is 6.85. The second kappa shape index (κ2) is 9.06. The van der Waals surface area contributed by atoms with Gasteiger partial charge in [-0.05, 0) is 47.3 Å². The maximum atomic E-state index is 12.3. The predicted octanol–water partition coefficient (Wildman–Crippen LogP) is 4.32. The zero-order valence-electron chi connectivity index (χ0n) is 16.1. The first-order valence-corrected chi connectivity index (χ1v) is 9.70. The maximum Gasteiger partial charge on any atom is 0.222 e. The summed E-state index contributed by atoms with van der Waals surface area (Å²) in [6.07, 6.45) is 4.22. The normalized spacial score (nSPS) is 10.8. The van der Waals surface area contributed by atoms with Crippen LogP contribution in [-0.2, 0) is 24.5 Å². The molecule has 2 aromatic carbocycles. The quantitative estimate of drug-likeness (QED) is 0.491. The van der Waals surface area contributed by atoms with Crippen LogP contribution in [0, 0.1) is 0 Å². The summed E-state index contributed by atoms with van der Waals surface area (Å²) in [5.74, 6) is 0.795. The number of nitrogens with one attached hydrogen (secondary N) is 1. The van der Waals surface area contributed by atoms with Crippen LogP contribution in [0.4, 0.5) is 0 Å². The van der Waals surface area contributed by atoms with Crippen LogP contribution in [0.15, 0.2) is 85.2 Å². The van der Waals surface area contributed by atoms with Crippen molar-refractivity contribution in [2.75, 3.05) is 0 Å². The topological polar surface area (TPSA) is 56.2 Å². The summed E-state index contributed by atoms with van der Waals surface area (Å²) in [6, 6.07) is 23.8. The van der Waals surface area contributed by atoms with E-state index in [4.69, 9.17) is 4.74 Å². The van der Waals surface area contributed by atoms with Crippen LogP contribution in [0.5, 0.6) is 5.75 Å². The molecule has 0 radical (unpaired) electrons. The van der Waals surface area contributed by atoms with Gasteiger partial charge in [0.15, 0.2) is 0 Å². The van der Waals surface area contributed by atoms with Gasteiger partial charge in [-0.25, -0.2) is 0 Å². The maximum absolute atomic E-state index is 12.3. The van der Waals surface area contributed by atoms with Crippen molar-refractivity contribution >= 4 is 16.8 Å². The van der Waals surface area contributed by atoms with Crippen LogP contribution in [0.1, 0.15) is 17.7 Å². The third kappa shape index (κ3) is 5.02. The highest BCUT2D eigenvalue weighted by molar-refractivity contribution is 5.80. The highest BCUT2D eigenvalue weighted by atomic mass is 16.5. The Bertz CT molecular complexity index is 1090. The lowest BCUT2D eigenvalue weighted by Crippen LogP contribution is -2.23. The first-order chi connectivity index (χ1) is 14.3. The zero-order chi connectivity index (χ0) is 19.9. The van der Waals surface area contributed by atoms with Gasteiger partial charge >= 0.3 is 0 Å². The Balaban J connectivity index is 1.26. The zero-order valence-corrected chi connectivity index (χ0v) is 16.1. The number of amides is 1. The van der Waals surface area contributed by atoms with Crippen molar-refractivity contribution in [3.63, 3.8) is 0 Å². The van der Waals surface area contributed by atoms with E-state index in [1.807, 2.05) is 60.8 Å². The molecule has 0 aliphatic carbocycles. The Morgan fingerprint density at radius 1 is 1.00 bits per heavy atom. The van der Waals surface area contributed by atoms with Gasteiger partial charge in [0.2, 0.25) is 5.91 Å². The van der Waals surface area contributed by atoms with Crippen LogP contribution in [0.25, 0.3) is 10.9 Å². The van der Waals surface area contributed by atoms with Crippen molar-refractivity contribution in [3.8, 4) is 5.75 Å². The molecule has 0 aliphatic heterocycles. The number of fused-ring (bicyclic) bond motifs is 1. The van der Waals surface area contributed by atoms with E-state index in [0.29, 0.717) is 26.1 Å². The molecule has 0 unspecified atom stereocenters. The molecule has 0 atom stereocenters. The third-order valence-electron chi connectivity index (χ3n) is 4.76. The monoisotopic (exact) mass is 385 g/mol.